The summed E-state index contributed by atoms with van der Waals surface area (Å²) in [6.45, 7) is 0.733. The molecule has 186 valence electrons. The number of benzene rings is 2. The number of carbonyl (C=O) groups is 2. The number of hydrogen-bond donors (Lipinski definition) is 2. The quantitative estimate of drug-likeness (QED) is 0.374. The summed E-state index contributed by atoms with van der Waals surface area (Å²) in [6.07, 6.45) is -5.13. The molecular weight excluding hydrogens is 457 g/mol. The summed E-state index contributed by atoms with van der Waals surface area (Å²) < 4.78 is 62.8. The summed E-state index contributed by atoms with van der Waals surface area (Å²) in [5.41, 5.74) is -2.94. The van der Waals surface area contributed by atoms with Crippen molar-refractivity contribution in [3.8, 4) is 17.2 Å². The highest BCUT2D eigenvalue weighted by molar-refractivity contribution is 5.98. The molecule has 0 saturated heterocycles. The molecule has 0 radical (unpaired) electrons. The highest BCUT2D eigenvalue weighted by Gasteiger charge is 2.63. The monoisotopic (exact) mass is 484 g/mol. The van der Waals surface area contributed by atoms with Gasteiger partial charge in [0.2, 0.25) is 0 Å². The number of nitrogens with one attached hydrogen (secondary N) is 2. The van der Waals surface area contributed by atoms with Crippen molar-refractivity contribution < 1.29 is 41.7 Å². The Hall–Kier alpha value is -3.47. The van der Waals surface area contributed by atoms with Gasteiger partial charge in [-0.1, -0.05) is 6.07 Å². The second kappa shape index (κ2) is 11.6. The zero-order chi connectivity index (χ0) is 25.4. The number of amides is 1. The van der Waals surface area contributed by atoms with E-state index in [0.717, 1.165) is 0 Å². The lowest BCUT2D eigenvalue weighted by Crippen LogP contribution is -2.73. The van der Waals surface area contributed by atoms with Crippen LogP contribution < -0.4 is 24.8 Å². The van der Waals surface area contributed by atoms with Gasteiger partial charge in [-0.25, -0.2) is 4.79 Å². The van der Waals surface area contributed by atoms with E-state index in [2.05, 4.69) is 10.1 Å². The largest absolute Gasteiger partial charge is 0.497 e. The second-order valence-corrected chi connectivity index (χ2v) is 7.02. The van der Waals surface area contributed by atoms with Gasteiger partial charge in [0, 0.05) is 12.1 Å². The Morgan fingerprint density at radius 1 is 0.912 bits per heavy atom. The first-order valence-electron chi connectivity index (χ1n) is 10.3. The summed E-state index contributed by atoms with van der Waals surface area (Å²) >= 11 is 0. The lowest BCUT2D eigenvalue weighted by molar-refractivity contribution is -0.218. The third-order valence-corrected chi connectivity index (χ3v) is 4.91. The molecule has 1 atom stereocenters. The fourth-order valence-electron chi connectivity index (χ4n) is 3.11. The Balaban J connectivity index is 2.30. The van der Waals surface area contributed by atoms with Gasteiger partial charge in [0.25, 0.3) is 11.6 Å². The Bertz CT molecular complexity index is 982. The van der Waals surface area contributed by atoms with Crippen molar-refractivity contribution in [2.45, 2.75) is 25.2 Å². The average Bonchev–Trinajstić information content (AvgIpc) is 2.82. The van der Waals surface area contributed by atoms with Crippen LogP contribution in [0, 0.1) is 0 Å². The van der Waals surface area contributed by atoms with Gasteiger partial charge in [0.05, 0.1) is 27.9 Å². The molecule has 11 heteroatoms. The topological polar surface area (TPSA) is 95.1 Å². The minimum absolute atomic E-state index is 0.0794. The van der Waals surface area contributed by atoms with Crippen molar-refractivity contribution in [1.29, 1.82) is 0 Å². The van der Waals surface area contributed by atoms with Gasteiger partial charge in [-0.05, 0) is 55.3 Å². The molecule has 0 saturated carbocycles. The second-order valence-electron chi connectivity index (χ2n) is 7.02. The van der Waals surface area contributed by atoms with Crippen molar-refractivity contribution in [1.82, 2.24) is 10.6 Å². The fraction of sp³-hybridized carbons (Fsp3) is 0.391. The average molecular weight is 484 g/mol. The number of hydrogen-bond acceptors (Lipinski definition) is 7. The minimum Gasteiger partial charge on any atom is -0.497 e. The van der Waals surface area contributed by atoms with Crippen LogP contribution in [0.3, 0.4) is 0 Å². The number of rotatable bonds is 11. The first kappa shape index (κ1) is 26.8. The molecule has 0 fully saturated rings. The van der Waals surface area contributed by atoms with E-state index in [-0.39, 0.29) is 25.1 Å². The molecule has 0 spiro atoms. The van der Waals surface area contributed by atoms with Gasteiger partial charge >= 0.3 is 12.1 Å². The standard InChI is InChI=1S/C23H27F3N2O6/c1-5-34-21(30)22(23(24,25)26,28-20(29)16-7-9-17(31-2)10-8-16)27-13-12-15-6-11-18(32-3)19(14-15)33-4/h6-11,14,27H,5,12-13H2,1-4H3,(H,28,29)/t22-/m1/s1. The Morgan fingerprint density at radius 2 is 1.56 bits per heavy atom. The molecule has 0 unspecified atom stereocenters. The number of ether oxygens (including phenoxy) is 4. The molecular formula is C23H27F3N2O6. The van der Waals surface area contributed by atoms with Gasteiger partial charge in [-0.15, -0.1) is 0 Å². The Kier molecular flexibility index (Phi) is 9.13. The van der Waals surface area contributed by atoms with Crippen LogP contribution in [0.1, 0.15) is 22.8 Å². The molecule has 0 aliphatic carbocycles. The first-order valence-corrected chi connectivity index (χ1v) is 10.3. The highest BCUT2D eigenvalue weighted by atomic mass is 19.4. The van der Waals surface area contributed by atoms with E-state index >= 15 is 0 Å². The molecule has 2 aromatic carbocycles. The maximum Gasteiger partial charge on any atom is 0.436 e. The number of esters is 1. The van der Waals surface area contributed by atoms with Crippen LogP contribution in [0.5, 0.6) is 17.2 Å². The van der Waals surface area contributed by atoms with Crippen molar-refractivity contribution in [3.05, 3.63) is 53.6 Å². The van der Waals surface area contributed by atoms with Crippen LogP contribution in [0.4, 0.5) is 13.2 Å². The lowest BCUT2D eigenvalue weighted by Gasteiger charge is -2.35. The number of alkyl halides is 3. The molecule has 2 rings (SSSR count). The number of methoxy groups -OCH3 is 3. The van der Waals surface area contributed by atoms with E-state index in [1.165, 1.54) is 52.5 Å². The van der Waals surface area contributed by atoms with Crippen molar-refractivity contribution in [2.75, 3.05) is 34.5 Å². The van der Waals surface area contributed by atoms with Crippen LogP contribution in [0.25, 0.3) is 0 Å². The minimum atomic E-state index is -5.21. The summed E-state index contributed by atoms with van der Waals surface area (Å²) in [5.74, 6) is -1.51. The fourth-order valence-corrected chi connectivity index (χ4v) is 3.11. The van der Waals surface area contributed by atoms with Gasteiger partial charge in [-0.3, -0.25) is 10.1 Å². The van der Waals surface area contributed by atoms with E-state index in [1.807, 2.05) is 0 Å². The van der Waals surface area contributed by atoms with Gasteiger partial charge in [0.15, 0.2) is 11.5 Å². The van der Waals surface area contributed by atoms with E-state index in [1.54, 1.807) is 23.5 Å². The molecule has 34 heavy (non-hydrogen) atoms. The molecule has 0 heterocycles. The first-order chi connectivity index (χ1) is 16.1. The predicted molar refractivity (Wildman–Crippen MR) is 117 cm³/mol. The molecule has 0 bridgehead atoms. The van der Waals surface area contributed by atoms with Crippen LogP contribution >= 0.6 is 0 Å². The molecule has 2 aromatic rings. The molecule has 2 N–H and O–H groups in total. The van der Waals surface area contributed by atoms with E-state index in [9.17, 15) is 22.8 Å². The Labute approximate surface area is 195 Å². The predicted octanol–water partition coefficient (Wildman–Crippen LogP) is 3.10. The third-order valence-electron chi connectivity index (χ3n) is 4.91. The molecule has 8 nitrogen and oxygen atoms in total. The van der Waals surface area contributed by atoms with Crippen LogP contribution in [-0.2, 0) is 16.0 Å². The van der Waals surface area contributed by atoms with Gasteiger partial charge in [0.1, 0.15) is 5.75 Å². The lowest BCUT2D eigenvalue weighted by atomic mass is 10.1. The zero-order valence-electron chi connectivity index (χ0n) is 19.2. The highest BCUT2D eigenvalue weighted by Crippen LogP contribution is 2.31. The van der Waals surface area contributed by atoms with E-state index in [4.69, 9.17) is 14.2 Å². The van der Waals surface area contributed by atoms with Gasteiger partial charge in [-0.2, -0.15) is 13.2 Å². The summed E-state index contributed by atoms with van der Waals surface area (Å²) in [4.78, 5) is 25.2. The van der Waals surface area contributed by atoms with E-state index in [0.29, 0.717) is 22.8 Å². The third kappa shape index (κ3) is 6.10. The molecule has 0 aliphatic rings. The van der Waals surface area contributed by atoms with Crippen LogP contribution in [0.15, 0.2) is 42.5 Å². The van der Waals surface area contributed by atoms with Crippen LogP contribution in [-0.4, -0.2) is 58.2 Å². The molecule has 1 amide bonds. The maximum absolute atomic E-state index is 14.3. The van der Waals surface area contributed by atoms with Gasteiger partial charge < -0.3 is 24.3 Å². The number of halogens is 3. The smallest absolute Gasteiger partial charge is 0.436 e. The van der Waals surface area contributed by atoms with Crippen LogP contribution in [0.2, 0.25) is 0 Å². The maximum atomic E-state index is 14.3. The van der Waals surface area contributed by atoms with Crippen molar-refractivity contribution >= 4 is 11.9 Å². The number of carbonyl (C=O) groups excluding carboxylic acids is 2. The Morgan fingerprint density at radius 3 is 2.09 bits per heavy atom. The van der Waals surface area contributed by atoms with E-state index < -0.39 is 23.7 Å². The van der Waals surface area contributed by atoms with Crippen molar-refractivity contribution in [2.24, 2.45) is 0 Å². The molecule has 0 aliphatic heterocycles. The molecule has 0 aromatic heterocycles. The zero-order valence-corrected chi connectivity index (χ0v) is 19.2. The van der Waals surface area contributed by atoms with Crippen molar-refractivity contribution in [3.63, 3.8) is 0 Å². The normalized spacial score (nSPS) is 12.9. The SMILES string of the molecule is CCOC(=O)[C@@](NCCc1ccc(OC)c(OC)c1)(NC(=O)c1ccc(OC)cc1)C(F)(F)F. The summed E-state index contributed by atoms with van der Waals surface area (Å²) in [5, 5.41) is 3.97. The summed E-state index contributed by atoms with van der Waals surface area (Å²) in [7, 11) is 4.30. The summed E-state index contributed by atoms with van der Waals surface area (Å²) in [6, 6.07) is 10.3.